The van der Waals surface area contributed by atoms with E-state index in [4.69, 9.17) is 10.2 Å². The average molecular weight is 368 g/mol. The summed E-state index contributed by atoms with van der Waals surface area (Å²) in [5, 5.41) is 12.2. The minimum atomic E-state index is -1.22. The Balaban J connectivity index is 1.94. The van der Waals surface area contributed by atoms with Gasteiger partial charge in [-0.3, -0.25) is 4.68 Å². The van der Waals surface area contributed by atoms with E-state index in [1.54, 1.807) is 10.9 Å². The molecule has 0 saturated heterocycles. The van der Waals surface area contributed by atoms with Crippen LogP contribution in [-0.2, 0) is 19.1 Å². The van der Waals surface area contributed by atoms with Gasteiger partial charge in [0, 0.05) is 37.0 Å². The van der Waals surface area contributed by atoms with Crippen LogP contribution in [0.15, 0.2) is 57.2 Å². The molecule has 8 nitrogen and oxygen atoms in total. The third-order valence-electron chi connectivity index (χ3n) is 5.35. The van der Waals surface area contributed by atoms with Crippen molar-refractivity contribution in [1.82, 2.24) is 24.9 Å². The van der Waals surface area contributed by atoms with Crippen molar-refractivity contribution in [1.29, 1.82) is 0 Å². The van der Waals surface area contributed by atoms with Crippen LogP contribution in [0.2, 0.25) is 0 Å². The molecule has 1 aliphatic carbocycles. The van der Waals surface area contributed by atoms with Crippen LogP contribution in [0.3, 0.4) is 0 Å². The fourth-order valence-corrected chi connectivity index (χ4v) is 3.95. The van der Waals surface area contributed by atoms with Crippen LogP contribution in [0.1, 0.15) is 31.7 Å². The summed E-state index contributed by atoms with van der Waals surface area (Å²) in [6.07, 6.45) is 12.7. The first kappa shape index (κ1) is 17.5. The quantitative estimate of drug-likeness (QED) is 0.821. The Labute approximate surface area is 157 Å². The minimum Gasteiger partial charge on any atom is -0.389 e. The molecule has 2 aliphatic rings. The highest BCUT2D eigenvalue weighted by Crippen LogP contribution is 2.42. The minimum absolute atomic E-state index is 0.125. The highest BCUT2D eigenvalue weighted by atomic mass is 16.4. The summed E-state index contributed by atoms with van der Waals surface area (Å²) >= 11 is 0. The molecule has 0 fully saturated rings. The van der Waals surface area contributed by atoms with E-state index in [0.717, 1.165) is 17.7 Å². The van der Waals surface area contributed by atoms with Gasteiger partial charge in [0.1, 0.15) is 0 Å². The summed E-state index contributed by atoms with van der Waals surface area (Å²) < 4.78 is 8.48. The number of aryl methyl sites for hydroxylation is 2. The number of nitrogens with one attached hydrogen (secondary N) is 1. The molecule has 8 heteroatoms. The maximum absolute atomic E-state index is 12.2. The predicted molar refractivity (Wildman–Crippen MR) is 101 cm³/mol. The zero-order valence-electron chi connectivity index (χ0n) is 15.7. The van der Waals surface area contributed by atoms with Crippen molar-refractivity contribution in [3.8, 4) is 0 Å². The molecule has 1 aliphatic heterocycles. The molecule has 27 heavy (non-hydrogen) atoms. The first-order valence-electron chi connectivity index (χ1n) is 9.20. The van der Waals surface area contributed by atoms with Crippen molar-refractivity contribution in [2.75, 3.05) is 0 Å². The lowest BCUT2D eigenvalue weighted by atomic mass is 9.83. The van der Waals surface area contributed by atoms with Crippen molar-refractivity contribution >= 4 is 0 Å². The van der Waals surface area contributed by atoms with Gasteiger partial charge in [-0.25, -0.2) is 4.79 Å². The Morgan fingerprint density at radius 3 is 2.74 bits per heavy atom. The molecule has 4 rings (SSSR count). The molecule has 142 valence electrons. The first-order valence-corrected chi connectivity index (χ1v) is 9.20. The van der Waals surface area contributed by atoms with E-state index in [2.05, 4.69) is 40.7 Å². The molecule has 3 unspecified atom stereocenters. The number of nitrogens with zero attached hydrogens (tertiary/aromatic N) is 4. The second-order valence-corrected chi connectivity index (χ2v) is 6.92. The van der Waals surface area contributed by atoms with E-state index in [1.807, 2.05) is 26.2 Å². The summed E-state index contributed by atoms with van der Waals surface area (Å²) in [4.78, 5) is 12.2. The van der Waals surface area contributed by atoms with Gasteiger partial charge in [-0.15, -0.1) is 5.10 Å². The summed E-state index contributed by atoms with van der Waals surface area (Å²) in [5.74, 6) is -0.128. The zero-order chi connectivity index (χ0) is 19.2. The van der Waals surface area contributed by atoms with Gasteiger partial charge >= 0.3 is 5.76 Å². The molecule has 0 amide bonds. The number of fused-ring (bicyclic) bond motifs is 1. The Hall–Kier alpha value is -2.87. The van der Waals surface area contributed by atoms with Crippen LogP contribution in [-0.4, -0.2) is 25.6 Å². The van der Waals surface area contributed by atoms with E-state index >= 15 is 0 Å². The molecule has 0 radical (unpaired) electrons. The molecule has 2 aromatic heterocycles. The smallest absolute Gasteiger partial charge is 0.389 e. The van der Waals surface area contributed by atoms with Gasteiger partial charge in [-0.05, 0) is 18.9 Å². The van der Waals surface area contributed by atoms with E-state index in [-0.39, 0.29) is 17.9 Å². The monoisotopic (exact) mass is 368 g/mol. The van der Waals surface area contributed by atoms with Crippen LogP contribution < -0.4 is 16.8 Å². The van der Waals surface area contributed by atoms with Crippen molar-refractivity contribution in [3.63, 3.8) is 0 Å². The van der Waals surface area contributed by atoms with Crippen LogP contribution in [0.25, 0.3) is 0 Å². The standard InChI is InChI=1S/C19H24N6O2/c1-4-13-14-8-6-7-9-15(14)22-16(13)19(20,12-10-21-24(3)11-12)17-23-25(5-2)18(26)27-17/h6-11,14-15,22H,4-5,20H2,1-3H3. The molecular formula is C19H24N6O2. The number of nitrogens with two attached hydrogens (primary N) is 1. The Morgan fingerprint density at radius 1 is 1.33 bits per heavy atom. The van der Waals surface area contributed by atoms with Crippen LogP contribution in [0, 0.1) is 5.92 Å². The summed E-state index contributed by atoms with van der Waals surface area (Å²) in [5.41, 5.74) is 8.49. The number of rotatable bonds is 5. The molecule has 3 N–H and O–H groups in total. The summed E-state index contributed by atoms with van der Waals surface area (Å²) in [6, 6.07) is 0.125. The van der Waals surface area contributed by atoms with Crippen LogP contribution in [0.5, 0.6) is 0 Å². The second-order valence-electron chi connectivity index (χ2n) is 6.92. The van der Waals surface area contributed by atoms with Crippen molar-refractivity contribution in [3.05, 3.63) is 70.0 Å². The van der Waals surface area contributed by atoms with Gasteiger partial charge in [-0.1, -0.05) is 31.2 Å². The second kappa shape index (κ2) is 6.38. The maximum Gasteiger partial charge on any atom is 0.437 e. The van der Waals surface area contributed by atoms with Gasteiger partial charge in [0.25, 0.3) is 0 Å². The van der Waals surface area contributed by atoms with Crippen molar-refractivity contribution < 1.29 is 4.42 Å². The first-order chi connectivity index (χ1) is 13.0. The fraction of sp³-hybridized carbons (Fsp3) is 0.421. The van der Waals surface area contributed by atoms with Crippen molar-refractivity contribution in [2.24, 2.45) is 18.7 Å². The molecule has 0 aromatic carbocycles. The molecule has 3 atom stereocenters. The summed E-state index contributed by atoms with van der Waals surface area (Å²) in [6.45, 7) is 4.36. The number of allylic oxidation sites excluding steroid dienone is 2. The Bertz CT molecular complexity index is 1010. The molecule has 0 bridgehead atoms. The highest BCUT2D eigenvalue weighted by molar-refractivity contribution is 5.47. The van der Waals surface area contributed by atoms with Gasteiger partial charge in [0.05, 0.1) is 12.2 Å². The number of hydrogen-bond donors (Lipinski definition) is 2. The van der Waals surface area contributed by atoms with Crippen molar-refractivity contribution in [2.45, 2.75) is 38.4 Å². The van der Waals surface area contributed by atoms with Gasteiger partial charge in [0.15, 0.2) is 5.54 Å². The lowest BCUT2D eigenvalue weighted by Crippen LogP contribution is -2.45. The number of aromatic nitrogens is 4. The topological polar surface area (TPSA) is 104 Å². The normalized spacial score (nSPS) is 23.4. The highest BCUT2D eigenvalue weighted by Gasteiger charge is 2.47. The average Bonchev–Trinajstić information content (AvgIpc) is 3.37. The van der Waals surface area contributed by atoms with Gasteiger partial charge in [-0.2, -0.15) is 9.78 Å². The molecule has 0 saturated carbocycles. The largest absolute Gasteiger partial charge is 0.437 e. The number of hydrogen-bond acceptors (Lipinski definition) is 6. The third kappa shape index (κ3) is 2.59. The molecular weight excluding hydrogens is 344 g/mol. The van der Waals surface area contributed by atoms with Gasteiger partial charge < -0.3 is 15.5 Å². The van der Waals surface area contributed by atoms with Crippen LogP contribution in [0.4, 0.5) is 0 Å². The SMILES string of the molecule is CCC1=C(C(N)(c2cnn(C)c2)c2nn(CC)c(=O)o2)NC2C=CC=CC12. The Morgan fingerprint density at radius 2 is 2.11 bits per heavy atom. The molecule has 2 aromatic rings. The summed E-state index contributed by atoms with van der Waals surface area (Å²) in [7, 11) is 1.83. The van der Waals surface area contributed by atoms with E-state index < -0.39 is 11.3 Å². The third-order valence-corrected chi connectivity index (χ3v) is 5.35. The van der Waals surface area contributed by atoms with E-state index in [9.17, 15) is 4.79 Å². The van der Waals surface area contributed by atoms with E-state index in [0.29, 0.717) is 6.54 Å². The lowest BCUT2D eigenvalue weighted by molar-refractivity contribution is 0.381. The molecule has 0 spiro atoms. The molecule has 3 heterocycles. The lowest BCUT2D eigenvalue weighted by Gasteiger charge is -2.28. The predicted octanol–water partition coefficient (Wildman–Crippen LogP) is 1.17. The van der Waals surface area contributed by atoms with E-state index in [1.165, 1.54) is 10.3 Å². The maximum atomic E-state index is 12.2. The fourth-order valence-electron chi connectivity index (χ4n) is 3.95. The Kier molecular flexibility index (Phi) is 4.15. The zero-order valence-corrected chi connectivity index (χ0v) is 15.7. The van der Waals surface area contributed by atoms with Gasteiger partial charge in [0.2, 0.25) is 5.89 Å². The van der Waals surface area contributed by atoms with Crippen LogP contribution >= 0.6 is 0 Å².